The van der Waals surface area contributed by atoms with Gasteiger partial charge in [0.25, 0.3) is 0 Å². The quantitative estimate of drug-likeness (QED) is 0.408. The summed E-state index contributed by atoms with van der Waals surface area (Å²) < 4.78 is 2.10. The van der Waals surface area contributed by atoms with Gasteiger partial charge in [0, 0.05) is 18.9 Å². The molecule has 2 fully saturated rings. The molecule has 2 aromatic rings. The third-order valence-electron chi connectivity index (χ3n) is 6.27. The minimum absolute atomic E-state index is 0.0849. The zero-order valence-electron chi connectivity index (χ0n) is 18.1. The van der Waals surface area contributed by atoms with Crippen molar-refractivity contribution >= 4 is 34.1 Å². The van der Waals surface area contributed by atoms with Crippen molar-refractivity contribution in [2.45, 2.75) is 88.2 Å². The molecule has 0 spiro atoms. The second-order valence-corrected chi connectivity index (χ2v) is 10.6. The molecule has 7 nitrogen and oxygen atoms in total. The normalized spacial score (nSPS) is 18.2. The van der Waals surface area contributed by atoms with E-state index in [9.17, 15) is 4.79 Å². The fourth-order valence-corrected chi connectivity index (χ4v) is 6.32. The van der Waals surface area contributed by atoms with Crippen molar-refractivity contribution < 1.29 is 4.79 Å². The van der Waals surface area contributed by atoms with Gasteiger partial charge < -0.3 is 4.57 Å². The highest BCUT2D eigenvalue weighted by Crippen LogP contribution is 2.35. The molecule has 0 saturated heterocycles. The lowest BCUT2D eigenvalue weighted by Crippen LogP contribution is -2.15. The first-order chi connectivity index (χ1) is 15.2. The van der Waals surface area contributed by atoms with E-state index in [0.29, 0.717) is 23.5 Å². The van der Waals surface area contributed by atoms with Gasteiger partial charge in [-0.15, -0.1) is 27.0 Å². The Morgan fingerprint density at radius 1 is 1.06 bits per heavy atom. The van der Waals surface area contributed by atoms with E-state index in [2.05, 4.69) is 36.9 Å². The molecule has 9 heteroatoms. The summed E-state index contributed by atoms with van der Waals surface area (Å²) in [5, 5.41) is 22.6. The summed E-state index contributed by atoms with van der Waals surface area (Å²) in [6.45, 7) is 4.54. The number of allylic oxidation sites excluding steroid dienone is 1. The molecule has 31 heavy (non-hydrogen) atoms. The van der Waals surface area contributed by atoms with Gasteiger partial charge in [0.1, 0.15) is 10.8 Å². The van der Waals surface area contributed by atoms with E-state index >= 15 is 0 Å². The number of hydrogen-bond acceptors (Lipinski definition) is 7. The van der Waals surface area contributed by atoms with Crippen molar-refractivity contribution in [3.8, 4) is 0 Å². The number of thioether (sulfide) groups is 1. The van der Waals surface area contributed by atoms with Crippen molar-refractivity contribution in [2.24, 2.45) is 5.92 Å². The van der Waals surface area contributed by atoms with Crippen LogP contribution >= 0.6 is 23.1 Å². The van der Waals surface area contributed by atoms with Gasteiger partial charge in [0.05, 0.1) is 5.75 Å². The van der Waals surface area contributed by atoms with Crippen molar-refractivity contribution in [1.82, 2.24) is 25.0 Å². The Kier molecular flexibility index (Phi) is 8.13. The van der Waals surface area contributed by atoms with E-state index in [-0.39, 0.29) is 11.7 Å². The van der Waals surface area contributed by atoms with Crippen molar-refractivity contribution in [1.29, 1.82) is 0 Å². The standard InChI is InChI=1S/C22H32N6OS2/c1-2-13-28-18(14-16-9-5-3-6-10-16)24-27-22(28)30-15-19(29)23-21-26-25-20(31-21)17-11-7-4-8-12-17/h2,16-17H,1,3-15H2,(H,23,26,29). The van der Waals surface area contributed by atoms with Crippen LogP contribution < -0.4 is 5.32 Å². The smallest absolute Gasteiger partial charge is 0.236 e. The van der Waals surface area contributed by atoms with Crippen LogP contribution in [-0.2, 0) is 17.8 Å². The SMILES string of the molecule is C=CCn1c(CC2CCCCC2)nnc1SCC(=O)Nc1nnc(C2CCCCC2)s1. The minimum Gasteiger partial charge on any atom is -0.302 e. The van der Waals surface area contributed by atoms with Crippen LogP contribution in [-0.4, -0.2) is 36.6 Å². The molecule has 0 atom stereocenters. The first-order valence-corrected chi connectivity index (χ1v) is 13.3. The number of anilines is 1. The fraction of sp³-hybridized carbons (Fsp3) is 0.682. The largest absolute Gasteiger partial charge is 0.302 e. The summed E-state index contributed by atoms with van der Waals surface area (Å²) in [5.74, 6) is 2.40. The zero-order chi connectivity index (χ0) is 21.5. The summed E-state index contributed by atoms with van der Waals surface area (Å²) in [4.78, 5) is 12.5. The second kappa shape index (κ2) is 11.2. The van der Waals surface area contributed by atoms with Crippen LogP contribution in [0.1, 0.15) is 81.0 Å². The molecule has 2 aromatic heterocycles. The highest BCUT2D eigenvalue weighted by molar-refractivity contribution is 7.99. The molecule has 1 amide bonds. The Balaban J connectivity index is 1.31. The first-order valence-electron chi connectivity index (χ1n) is 11.5. The summed E-state index contributed by atoms with van der Waals surface area (Å²) in [5.41, 5.74) is 0. The van der Waals surface area contributed by atoms with E-state index in [4.69, 9.17) is 0 Å². The number of nitrogens with one attached hydrogen (secondary N) is 1. The molecule has 0 unspecified atom stereocenters. The molecule has 1 N–H and O–H groups in total. The van der Waals surface area contributed by atoms with Crippen LogP contribution in [0.15, 0.2) is 17.8 Å². The molecule has 4 rings (SSSR count). The zero-order valence-corrected chi connectivity index (χ0v) is 19.7. The Bertz CT molecular complexity index is 867. The number of hydrogen-bond donors (Lipinski definition) is 1. The topological polar surface area (TPSA) is 85.6 Å². The maximum absolute atomic E-state index is 12.5. The number of nitrogens with zero attached hydrogens (tertiary/aromatic N) is 5. The molecule has 2 saturated carbocycles. The molecule has 2 aliphatic rings. The number of amides is 1. The number of aromatic nitrogens is 5. The molecule has 2 heterocycles. The molecule has 0 aliphatic heterocycles. The lowest BCUT2D eigenvalue weighted by Gasteiger charge is -2.21. The number of carbonyl (C=O) groups excluding carboxylic acids is 1. The second-order valence-electron chi connectivity index (χ2n) is 8.62. The van der Waals surface area contributed by atoms with Crippen LogP contribution in [0.25, 0.3) is 0 Å². The molecule has 0 aromatic carbocycles. The van der Waals surface area contributed by atoms with Gasteiger partial charge in [-0.25, -0.2) is 0 Å². The van der Waals surface area contributed by atoms with Gasteiger partial charge in [0.15, 0.2) is 5.16 Å². The molecular weight excluding hydrogens is 428 g/mol. The highest BCUT2D eigenvalue weighted by atomic mass is 32.2. The van der Waals surface area contributed by atoms with Crippen molar-refractivity contribution in [2.75, 3.05) is 11.1 Å². The van der Waals surface area contributed by atoms with E-state index in [1.54, 1.807) is 0 Å². The van der Waals surface area contributed by atoms with Gasteiger partial charge in [-0.3, -0.25) is 10.1 Å². The molecule has 0 bridgehead atoms. The summed E-state index contributed by atoms with van der Waals surface area (Å²) in [6.07, 6.45) is 15.6. The van der Waals surface area contributed by atoms with Gasteiger partial charge in [-0.05, 0) is 18.8 Å². The highest BCUT2D eigenvalue weighted by Gasteiger charge is 2.22. The first kappa shape index (κ1) is 22.5. The Labute approximate surface area is 192 Å². The van der Waals surface area contributed by atoms with E-state index in [0.717, 1.165) is 22.4 Å². The molecule has 168 valence electrons. The van der Waals surface area contributed by atoms with Crippen LogP contribution in [0.2, 0.25) is 0 Å². The average molecular weight is 461 g/mol. The monoisotopic (exact) mass is 460 g/mol. The maximum atomic E-state index is 12.5. The summed E-state index contributed by atoms with van der Waals surface area (Å²) >= 11 is 2.93. The maximum Gasteiger partial charge on any atom is 0.236 e. The van der Waals surface area contributed by atoms with Gasteiger partial charge in [-0.2, -0.15) is 0 Å². The lowest BCUT2D eigenvalue weighted by atomic mass is 9.87. The third kappa shape index (κ3) is 6.16. The van der Waals surface area contributed by atoms with Crippen LogP contribution in [0.3, 0.4) is 0 Å². The predicted octanol–water partition coefficient (Wildman–Crippen LogP) is 5.22. The van der Waals surface area contributed by atoms with Crippen LogP contribution in [0.4, 0.5) is 5.13 Å². The van der Waals surface area contributed by atoms with Crippen LogP contribution in [0.5, 0.6) is 0 Å². The van der Waals surface area contributed by atoms with Crippen molar-refractivity contribution in [3.63, 3.8) is 0 Å². The Hall–Kier alpha value is -1.74. The van der Waals surface area contributed by atoms with Crippen LogP contribution in [0, 0.1) is 5.92 Å². The summed E-state index contributed by atoms with van der Waals surface area (Å²) in [7, 11) is 0. The number of carbonyl (C=O) groups is 1. The third-order valence-corrected chi connectivity index (χ3v) is 8.24. The molecule has 2 aliphatic carbocycles. The van der Waals surface area contributed by atoms with Gasteiger partial charge in [0.2, 0.25) is 11.0 Å². The Morgan fingerprint density at radius 3 is 2.55 bits per heavy atom. The number of rotatable bonds is 9. The fourth-order valence-electron chi connectivity index (χ4n) is 4.62. The van der Waals surface area contributed by atoms with Gasteiger partial charge >= 0.3 is 0 Å². The predicted molar refractivity (Wildman–Crippen MR) is 126 cm³/mol. The lowest BCUT2D eigenvalue weighted by molar-refractivity contribution is -0.113. The molecular formula is C22H32N6OS2. The minimum atomic E-state index is -0.0849. The summed E-state index contributed by atoms with van der Waals surface area (Å²) in [6, 6.07) is 0. The van der Waals surface area contributed by atoms with E-state index in [1.807, 2.05) is 6.08 Å². The van der Waals surface area contributed by atoms with Crippen molar-refractivity contribution in [3.05, 3.63) is 23.5 Å². The van der Waals surface area contributed by atoms with E-state index in [1.165, 1.54) is 87.3 Å². The Morgan fingerprint density at radius 2 is 1.81 bits per heavy atom. The molecule has 0 radical (unpaired) electrons. The van der Waals surface area contributed by atoms with E-state index < -0.39 is 0 Å². The average Bonchev–Trinajstić information content (AvgIpc) is 3.41. The van der Waals surface area contributed by atoms with Gasteiger partial charge in [-0.1, -0.05) is 80.5 Å².